The Kier molecular flexibility index (Phi) is 3.48. The average molecular weight is 249 g/mol. The molecule has 0 N–H and O–H groups in total. The van der Waals surface area contributed by atoms with Crippen LogP contribution in [0.2, 0.25) is 5.02 Å². The van der Waals surface area contributed by atoms with Gasteiger partial charge >= 0.3 is 6.11 Å². The molecule has 0 bridgehead atoms. The number of ether oxygens (including phenoxy) is 1. The molecule has 1 rings (SSSR count). The number of hydrogen-bond acceptors (Lipinski definition) is 1. The van der Waals surface area contributed by atoms with E-state index < -0.39 is 6.11 Å². The van der Waals surface area contributed by atoms with E-state index >= 15 is 0 Å². The summed E-state index contributed by atoms with van der Waals surface area (Å²) in [7, 11) is 0. The van der Waals surface area contributed by atoms with Crippen LogP contribution in [-0.2, 0) is 5.41 Å². The van der Waals surface area contributed by atoms with Crippen molar-refractivity contribution in [3.05, 3.63) is 28.8 Å². The van der Waals surface area contributed by atoms with Gasteiger partial charge in [-0.2, -0.15) is 8.78 Å². The second kappa shape index (κ2) is 4.21. The molecule has 0 saturated carbocycles. The molecular weight excluding hydrogens is 234 g/mol. The SMILES string of the molecule is CC(F)(F)Oc1ccc(C(C)(C)C)c(Cl)c1. The Morgan fingerprint density at radius 3 is 2.06 bits per heavy atom. The smallest absolute Gasteiger partial charge is 0.394 e. The summed E-state index contributed by atoms with van der Waals surface area (Å²) in [6.07, 6.45) is -3.19. The summed E-state index contributed by atoms with van der Waals surface area (Å²) >= 11 is 6.02. The molecule has 0 atom stereocenters. The fourth-order valence-electron chi connectivity index (χ4n) is 1.37. The van der Waals surface area contributed by atoms with Gasteiger partial charge in [-0.1, -0.05) is 38.4 Å². The molecule has 0 aromatic heterocycles. The van der Waals surface area contributed by atoms with Crippen LogP contribution in [0.25, 0.3) is 0 Å². The zero-order valence-electron chi connectivity index (χ0n) is 9.77. The molecule has 0 radical (unpaired) electrons. The number of alkyl halides is 2. The highest BCUT2D eigenvalue weighted by molar-refractivity contribution is 6.31. The van der Waals surface area contributed by atoms with Crippen LogP contribution < -0.4 is 4.74 Å². The van der Waals surface area contributed by atoms with Crippen LogP contribution in [0.4, 0.5) is 8.78 Å². The average Bonchev–Trinajstić information content (AvgIpc) is 1.97. The summed E-state index contributed by atoms with van der Waals surface area (Å²) in [6.45, 7) is 6.70. The van der Waals surface area contributed by atoms with Gasteiger partial charge in [0, 0.05) is 11.9 Å². The molecule has 0 unspecified atom stereocenters. The maximum atomic E-state index is 12.6. The Labute approximate surface area is 99.4 Å². The molecule has 0 aliphatic rings. The number of benzene rings is 1. The van der Waals surface area contributed by atoms with Gasteiger partial charge in [0.05, 0.1) is 0 Å². The Hall–Kier alpha value is -0.830. The predicted molar refractivity (Wildman–Crippen MR) is 61.4 cm³/mol. The van der Waals surface area contributed by atoms with Crippen molar-refractivity contribution in [1.82, 2.24) is 0 Å². The van der Waals surface area contributed by atoms with E-state index in [1.54, 1.807) is 6.07 Å². The second-order valence-electron chi connectivity index (χ2n) is 4.80. The van der Waals surface area contributed by atoms with Crippen molar-refractivity contribution in [2.24, 2.45) is 0 Å². The largest absolute Gasteiger partial charge is 0.433 e. The van der Waals surface area contributed by atoms with Crippen molar-refractivity contribution < 1.29 is 13.5 Å². The van der Waals surface area contributed by atoms with Crippen LogP contribution in [-0.4, -0.2) is 6.11 Å². The van der Waals surface area contributed by atoms with Crippen LogP contribution >= 0.6 is 11.6 Å². The minimum atomic E-state index is -3.19. The first kappa shape index (κ1) is 13.2. The number of rotatable bonds is 2. The van der Waals surface area contributed by atoms with E-state index in [1.807, 2.05) is 20.8 Å². The zero-order chi connectivity index (χ0) is 12.6. The molecule has 0 fully saturated rings. The van der Waals surface area contributed by atoms with Crippen molar-refractivity contribution in [1.29, 1.82) is 0 Å². The van der Waals surface area contributed by atoms with E-state index in [0.717, 1.165) is 5.56 Å². The number of hydrogen-bond donors (Lipinski definition) is 0. The first-order valence-corrected chi connectivity index (χ1v) is 5.34. The van der Waals surface area contributed by atoms with Gasteiger partial charge in [0.2, 0.25) is 0 Å². The van der Waals surface area contributed by atoms with Crippen LogP contribution in [0.5, 0.6) is 5.75 Å². The topological polar surface area (TPSA) is 9.23 Å². The van der Waals surface area contributed by atoms with Gasteiger partial charge in [-0.15, -0.1) is 0 Å². The van der Waals surface area contributed by atoms with Crippen LogP contribution in [0.15, 0.2) is 18.2 Å². The maximum absolute atomic E-state index is 12.6. The highest BCUT2D eigenvalue weighted by Gasteiger charge is 2.24. The minimum absolute atomic E-state index is 0.0745. The monoisotopic (exact) mass is 248 g/mol. The van der Waals surface area contributed by atoms with Crippen molar-refractivity contribution in [3.8, 4) is 5.75 Å². The van der Waals surface area contributed by atoms with Crippen LogP contribution in [0.3, 0.4) is 0 Å². The quantitative estimate of drug-likeness (QED) is 0.742. The second-order valence-corrected chi connectivity index (χ2v) is 5.21. The van der Waals surface area contributed by atoms with Crippen molar-refractivity contribution >= 4 is 11.6 Å². The highest BCUT2D eigenvalue weighted by Crippen LogP contribution is 2.33. The molecule has 90 valence electrons. The van der Waals surface area contributed by atoms with Gasteiger partial charge in [-0.3, -0.25) is 0 Å². The minimum Gasteiger partial charge on any atom is -0.433 e. The molecule has 1 aromatic carbocycles. The Morgan fingerprint density at radius 2 is 1.69 bits per heavy atom. The van der Waals surface area contributed by atoms with Crippen LogP contribution in [0.1, 0.15) is 33.3 Å². The van der Waals surface area contributed by atoms with Crippen molar-refractivity contribution in [3.63, 3.8) is 0 Å². The molecule has 16 heavy (non-hydrogen) atoms. The molecule has 0 aliphatic heterocycles. The van der Waals surface area contributed by atoms with Gasteiger partial charge < -0.3 is 4.74 Å². The lowest BCUT2D eigenvalue weighted by molar-refractivity contribution is -0.158. The van der Waals surface area contributed by atoms with E-state index in [4.69, 9.17) is 11.6 Å². The molecule has 1 nitrogen and oxygen atoms in total. The molecule has 0 spiro atoms. The lowest BCUT2D eigenvalue weighted by Crippen LogP contribution is -2.19. The highest BCUT2D eigenvalue weighted by atomic mass is 35.5. The fraction of sp³-hybridized carbons (Fsp3) is 0.500. The van der Waals surface area contributed by atoms with Gasteiger partial charge in [0.25, 0.3) is 0 Å². The van der Waals surface area contributed by atoms with Crippen molar-refractivity contribution in [2.75, 3.05) is 0 Å². The van der Waals surface area contributed by atoms with E-state index in [-0.39, 0.29) is 11.2 Å². The molecule has 0 heterocycles. The van der Waals surface area contributed by atoms with Gasteiger partial charge in [-0.25, -0.2) is 0 Å². The van der Waals surface area contributed by atoms with Gasteiger partial charge in [0.1, 0.15) is 5.75 Å². The summed E-state index contributed by atoms with van der Waals surface area (Å²) in [6, 6.07) is 4.63. The van der Waals surface area contributed by atoms with Gasteiger partial charge in [0.15, 0.2) is 0 Å². The third-order valence-electron chi connectivity index (χ3n) is 2.05. The lowest BCUT2D eigenvalue weighted by atomic mass is 9.87. The van der Waals surface area contributed by atoms with E-state index in [2.05, 4.69) is 4.74 Å². The van der Waals surface area contributed by atoms with Crippen molar-refractivity contribution in [2.45, 2.75) is 39.2 Å². The van der Waals surface area contributed by atoms with Gasteiger partial charge in [-0.05, 0) is 23.1 Å². The molecule has 0 amide bonds. The summed E-state index contributed by atoms with van der Waals surface area (Å²) in [5.41, 5.74) is 0.783. The third kappa shape index (κ3) is 3.63. The summed E-state index contributed by atoms with van der Waals surface area (Å²) in [4.78, 5) is 0. The summed E-state index contributed by atoms with van der Waals surface area (Å²) in [5, 5.41) is 0.439. The molecule has 0 aliphatic carbocycles. The molecular formula is C12H15ClF2O. The first-order chi connectivity index (χ1) is 7.09. The Balaban J connectivity index is 3.01. The maximum Gasteiger partial charge on any atom is 0.394 e. The zero-order valence-corrected chi connectivity index (χ0v) is 10.5. The summed E-state index contributed by atoms with van der Waals surface area (Å²) < 4.78 is 29.7. The van der Waals surface area contributed by atoms with E-state index in [9.17, 15) is 8.78 Å². The molecule has 0 saturated heterocycles. The Morgan fingerprint density at radius 1 is 1.12 bits per heavy atom. The predicted octanol–water partition coefficient (Wildman–Crippen LogP) is 4.63. The summed E-state index contributed by atoms with van der Waals surface area (Å²) in [5.74, 6) is 0.0745. The van der Waals surface area contributed by atoms with Crippen LogP contribution in [0, 0.1) is 0 Å². The number of halogens is 3. The Bertz CT molecular complexity index is 378. The lowest BCUT2D eigenvalue weighted by Gasteiger charge is -2.21. The fourth-order valence-corrected chi connectivity index (χ4v) is 1.83. The molecule has 1 aromatic rings. The molecule has 4 heteroatoms. The van der Waals surface area contributed by atoms with E-state index in [0.29, 0.717) is 11.9 Å². The normalized spacial score (nSPS) is 12.7. The first-order valence-electron chi connectivity index (χ1n) is 4.96. The third-order valence-corrected chi connectivity index (χ3v) is 2.36. The standard InChI is InChI=1S/C12H15ClF2O/c1-11(2,3)9-6-5-8(7-10(9)13)16-12(4,14)15/h5-7H,1-4H3. The van der Waals surface area contributed by atoms with E-state index in [1.165, 1.54) is 12.1 Å².